The van der Waals surface area contributed by atoms with Gasteiger partial charge >= 0.3 is 5.97 Å². The third-order valence-electron chi connectivity index (χ3n) is 1.72. The molecule has 1 aromatic rings. The molecule has 1 atom stereocenters. The molecule has 0 aliphatic carbocycles. The molecule has 0 bridgehead atoms. The first-order chi connectivity index (χ1) is 7.24. The van der Waals surface area contributed by atoms with Gasteiger partial charge < -0.3 is 10.4 Å². The molecular weight excluding hydrogens is 232 g/mol. The largest absolute Gasteiger partial charge is 0.480 e. The van der Waals surface area contributed by atoms with E-state index >= 15 is 0 Å². The summed E-state index contributed by atoms with van der Waals surface area (Å²) in [5, 5.41) is 13.8. The summed E-state index contributed by atoms with van der Waals surface area (Å²) in [7, 11) is 0. The smallest absolute Gasteiger partial charge is 0.321 e. The molecule has 1 aromatic heterocycles. The van der Waals surface area contributed by atoms with Gasteiger partial charge in [0, 0.05) is 17.3 Å². The minimum absolute atomic E-state index is 0.487. The molecule has 1 heterocycles. The summed E-state index contributed by atoms with van der Waals surface area (Å²) in [4.78, 5) is 15.0. The van der Waals surface area contributed by atoms with E-state index in [1.165, 1.54) is 23.1 Å². The zero-order chi connectivity index (χ0) is 11.1. The Balaban J connectivity index is 2.34. The number of hydrogen-bond donors (Lipinski definition) is 2. The molecule has 6 heteroatoms. The topological polar surface area (TPSA) is 62.2 Å². The molecule has 15 heavy (non-hydrogen) atoms. The highest BCUT2D eigenvalue weighted by atomic mass is 32.2. The van der Waals surface area contributed by atoms with E-state index in [1.807, 2.05) is 12.3 Å². The Bertz CT molecular complexity index is 290. The van der Waals surface area contributed by atoms with Crippen LogP contribution in [0.2, 0.25) is 0 Å². The van der Waals surface area contributed by atoms with Gasteiger partial charge in [-0.25, -0.2) is 4.98 Å². The fraction of sp³-hybridized carbons (Fsp3) is 0.556. The van der Waals surface area contributed by atoms with E-state index in [4.69, 9.17) is 5.11 Å². The number of thioether (sulfide) groups is 1. The Morgan fingerprint density at radius 1 is 1.80 bits per heavy atom. The third-order valence-corrected chi connectivity index (χ3v) is 3.78. The van der Waals surface area contributed by atoms with Crippen LogP contribution in [-0.2, 0) is 4.79 Å². The van der Waals surface area contributed by atoms with Crippen LogP contribution in [0.5, 0.6) is 0 Å². The maximum atomic E-state index is 10.9. The quantitative estimate of drug-likeness (QED) is 0.717. The SMILES string of the molecule is CCCNC(CSc1nccs1)C(=O)O. The van der Waals surface area contributed by atoms with Gasteiger partial charge in [-0.2, -0.15) is 0 Å². The molecule has 4 nitrogen and oxygen atoms in total. The van der Waals surface area contributed by atoms with Crippen LogP contribution in [0.1, 0.15) is 13.3 Å². The Labute approximate surface area is 97.1 Å². The monoisotopic (exact) mass is 246 g/mol. The molecule has 0 amide bonds. The summed E-state index contributed by atoms with van der Waals surface area (Å²) >= 11 is 3.01. The van der Waals surface area contributed by atoms with Gasteiger partial charge in [-0.15, -0.1) is 11.3 Å². The number of carbonyl (C=O) groups is 1. The Morgan fingerprint density at radius 2 is 2.60 bits per heavy atom. The van der Waals surface area contributed by atoms with Crippen molar-refractivity contribution in [3.8, 4) is 0 Å². The van der Waals surface area contributed by atoms with Crippen molar-refractivity contribution in [3.05, 3.63) is 11.6 Å². The summed E-state index contributed by atoms with van der Waals surface area (Å²) < 4.78 is 0.916. The molecule has 0 aliphatic rings. The first-order valence-corrected chi connectivity index (χ1v) is 6.59. The number of thiazole rings is 1. The molecule has 84 valence electrons. The van der Waals surface area contributed by atoms with Crippen molar-refractivity contribution in [1.82, 2.24) is 10.3 Å². The second kappa shape index (κ2) is 6.81. The van der Waals surface area contributed by atoms with Crippen molar-refractivity contribution in [2.24, 2.45) is 0 Å². The van der Waals surface area contributed by atoms with E-state index in [9.17, 15) is 4.79 Å². The number of rotatable bonds is 7. The van der Waals surface area contributed by atoms with Gasteiger partial charge in [0.2, 0.25) is 0 Å². The normalized spacial score (nSPS) is 12.6. The first-order valence-electron chi connectivity index (χ1n) is 4.72. The van der Waals surface area contributed by atoms with Gasteiger partial charge in [-0.3, -0.25) is 4.79 Å². The zero-order valence-corrected chi connectivity index (χ0v) is 10.1. The van der Waals surface area contributed by atoms with Crippen LogP contribution in [0.25, 0.3) is 0 Å². The third kappa shape index (κ3) is 4.63. The van der Waals surface area contributed by atoms with Crippen molar-refractivity contribution in [2.75, 3.05) is 12.3 Å². The minimum Gasteiger partial charge on any atom is -0.480 e. The maximum Gasteiger partial charge on any atom is 0.321 e. The summed E-state index contributed by atoms with van der Waals surface area (Å²) in [6.07, 6.45) is 2.66. The van der Waals surface area contributed by atoms with Gasteiger partial charge in [0.15, 0.2) is 0 Å². The van der Waals surface area contributed by atoms with Gasteiger partial charge in [0.05, 0.1) is 0 Å². The number of hydrogen-bond acceptors (Lipinski definition) is 5. The first kappa shape index (κ1) is 12.5. The number of carboxylic acid groups (broad SMARTS) is 1. The fourth-order valence-electron chi connectivity index (χ4n) is 0.972. The van der Waals surface area contributed by atoms with Crippen molar-refractivity contribution in [2.45, 2.75) is 23.7 Å². The lowest BCUT2D eigenvalue weighted by Gasteiger charge is -2.12. The summed E-state index contributed by atoms with van der Waals surface area (Å²) in [5.41, 5.74) is 0. The van der Waals surface area contributed by atoms with E-state index in [0.717, 1.165) is 17.3 Å². The minimum atomic E-state index is -0.799. The lowest BCUT2D eigenvalue weighted by Crippen LogP contribution is -2.39. The van der Waals surface area contributed by atoms with E-state index in [-0.39, 0.29) is 0 Å². The average molecular weight is 246 g/mol. The molecular formula is C9H14N2O2S2. The molecule has 1 unspecified atom stereocenters. The van der Waals surface area contributed by atoms with Crippen molar-refractivity contribution in [3.63, 3.8) is 0 Å². The maximum absolute atomic E-state index is 10.9. The van der Waals surface area contributed by atoms with Crippen molar-refractivity contribution < 1.29 is 9.90 Å². The van der Waals surface area contributed by atoms with Crippen LogP contribution in [0.15, 0.2) is 15.9 Å². The van der Waals surface area contributed by atoms with Crippen LogP contribution < -0.4 is 5.32 Å². The highest BCUT2D eigenvalue weighted by Crippen LogP contribution is 2.20. The van der Waals surface area contributed by atoms with Crippen molar-refractivity contribution in [1.29, 1.82) is 0 Å². The second-order valence-corrected chi connectivity index (χ2v) is 5.12. The lowest BCUT2D eigenvalue weighted by molar-refractivity contribution is -0.138. The van der Waals surface area contributed by atoms with Crippen LogP contribution in [0, 0.1) is 0 Å². The summed E-state index contributed by atoms with van der Waals surface area (Å²) in [6.45, 7) is 2.75. The van der Waals surface area contributed by atoms with E-state index in [2.05, 4.69) is 10.3 Å². The van der Waals surface area contributed by atoms with E-state index < -0.39 is 12.0 Å². The highest BCUT2D eigenvalue weighted by molar-refractivity contribution is 8.01. The predicted octanol–water partition coefficient (Wildman–Crippen LogP) is 1.69. The molecule has 0 aromatic carbocycles. The second-order valence-electron chi connectivity index (χ2n) is 2.95. The number of nitrogens with one attached hydrogen (secondary N) is 1. The number of aromatic nitrogens is 1. The van der Waals surface area contributed by atoms with Crippen LogP contribution in [0.3, 0.4) is 0 Å². The zero-order valence-electron chi connectivity index (χ0n) is 8.47. The summed E-state index contributed by atoms with van der Waals surface area (Å²) in [5.74, 6) is -0.282. The van der Waals surface area contributed by atoms with Crippen LogP contribution >= 0.6 is 23.1 Å². The Kier molecular flexibility index (Phi) is 5.67. The standard InChI is InChI=1S/C9H14N2O2S2/c1-2-3-10-7(8(12)13)6-15-9-11-4-5-14-9/h4-5,7,10H,2-3,6H2,1H3,(H,12,13). The number of aliphatic carboxylic acids is 1. The molecule has 0 saturated heterocycles. The van der Waals surface area contributed by atoms with Gasteiger partial charge in [0.1, 0.15) is 10.4 Å². The molecule has 0 spiro atoms. The average Bonchev–Trinajstić information content (AvgIpc) is 2.70. The van der Waals surface area contributed by atoms with E-state index in [1.54, 1.807) is 6.20 Å². The lowest BCUT2D eigenvalue weighted by atomic mass is 10.3. The molecule has 0 saturated carbocycles. The number of nitrogens with zero attached hydrogens (tertiary/aromatic N) is 1. The highest BCUT2D eigenvalue weighted by Gasteiger charge is 2.16. The molecule has 2 N–H and O–H groups in total. The van der Waals surface area contributed by atoms with E-state index in [0.29, 0.717) is 5.75 Å². The van der Waals surface area contributed by atoms with Gasteiger partial charge in [-0.1, -0.05) is 18.7 Å². The van der Waals surface area contributed by atoms with Crippen LogP contribution in [0.4, 0.5) is 0 Å². The Morgan fingerprint density at radius 3 is 3.13 bits per heavy atom. The predicted molar refractivity (Wildman–Crippen MR) is 62.6 cm³/mol. The molecule has 0 radical (unpaired) electrons. The molecule has 0 aliphatic heterocycles. The van der Waals surface area contributed by atoms with Gasteiger partial charge in [0.25, 0.3) is 0 Å². The van der Waals surface area contributed by atoms with Crippen LogP contribution in [-0.4, -0.2) is 34.4 Å². The fourth-order valence-corrected chi connectivity index (χ4v) is 2.68. The summed E-state index contributed by atoms with van der Waals surface area (Å²) in [6, 6.07) is -0.487. The molecule has 1 rings (SSSR count). The number of carboxylic acids is 1. The Hall–Kier alpha value is -0.590. The van der Waals surface area contributed by atoms with Crippen molar-refractivity contribution >= 4 is 29.1 Å². The molecule has 0 fully saturated rings. The van der Waals surface area contributed by atoms with Gasteiger partial charge in [-0.05, 0) is 13.0 Å².